The third-order valence-electron chi connectivity index (χ3n) is 12.0. The molecule has 1 aliphatic carbocycles. The molecule has 11 nitrogen and oxygen atoms in total. The molecule has 0 N–H and O–H groups in total. The highest BCUT2D eigenvalue weighted by Crippen LogP contribution is 2.63. The summed E-state index contributed by atoms with van der Waals surface area (Å²) in [6.45, 7) is 7.89. The highest BCUT2D eigenvalue weighted by molar-refractivity contribution is 6.99. The number of carbonyl (C=O) groups is 3. The third-order valence-corrected chi connectivity index (χ3v) is 17.0. The molecule has 1 amide bonds. The van der Waals surface area contributed by atoms with E-state index in [1.807, 2.05) is 97.1 Å². The number of furan rings is 1. The average Bonchev–Trinajstić information content (AvgIpc) is 3.84. The zero-order valence-electron chi connectivity index (χ0n) is 36.8. The number of methoxy groups -OCH3 is 2. The standard InChI is InChI=1S/C51H57NO10Si/c1-50(2,3)63(41-24-14-8-15-25-41,42-26-16-9-17-27-42)61-35-39-34-60-47-46(39)43(30-45(54)56-4)51(49(55)57-5)31-40(36-59-33-38-22-12-7-13-23-38)62-52(48(47)51)44(53)28-18-19-29-58-32-37-20-10-6-11-21-37/h6-17,20-27,30,34,40,48H,18-19,28-29,31-33,35-36H2,1-5H3/b43-30+/t40-,48-,51-/m1/s1. The molecule has 0 unspecified atom stereocenters. The molecule has 4 aromatic carbocycles. The first-order valence-corrected chi connectivity index (χ1v) is 23.4. The molecule has 7 rings (SSSR count). The lowest BCUT2D eigenvalue weighted by Crippen LogP contribution is -2.66. The van der Waals surface area contributed by atoms with Gasteiger partial charge >= 0.3 is 11.9 Å². The third kappa shape index (κ3) is 9.51. The second-order valence-corrected chi connectivity index (χ2v) is 21.4. The Labute approximate surface area is 371 Å². The van der Waals surface area contributed by atoms with Crippen LogP contribution in [0.2, 0.25) is 5.04 Å². The van der Waals surface area contributed by atoms with Crippen LogP contribution in [0.4, 0.5) is 0 Å². The fourth-order valence-electron chi connectivity index (χ4n) is 9.11. The number of unbranched alkanes of at least 4 members (excludes halogenated alkanes) is 1. The van der Waals surface area contributed by atoms with Crippen LogP contribution < -0.4 is 10.4 Å². The van der Waals surface area contributed by atoms with Gasteiger partial charge in [-0.2, -0.15) is 0 Å². The summed E-state index contributed by atoms with van der Waals surface area (Å²) < 4.78 is 36.8. The summed E-state index contributed by atoms with van der Waals surface area (Å²) in [6.07, 6.45) is 3.33. The molecule has 63 heavy (non-hydrogen) atoms. The quantitative estimate of drug-likeness (QED) is 0.0368. The highest BCUT2D eigenvalue weighted by Gasteiger charge is 2.66. The van der Waals surface area contributed by atoms with E-state index in [1.165, 1.54) is 25.4 Å². The molecule has 0 saturated carbocycles. The fraction of sp³-hybridized carbons (Fsp3) is 0.353. The van der Waals surface area contributed by atoms with Crippen LogP contribution in [0.3, 0.4) is 0 Å². The Balaban J connectivity index is 1.26. The van der Waals surface area contributed by atoms with E-state index in [0.29, 0.717) is 48.5 Å². The van der Waals surface area contributed by atoms with Crippen LogP contribution in [0, 0.1) is 5.41 Å². The molecule has 0 spiro atoms. The molecule has 1 aliphatic heterocycles. The van der Waals surface area contributed by atoms with Gasteiger partial charge in [0.2, 0.25) is 5.91 Å². The van der Waals surface area contributed by atoms with Gasteiger partial charge in [-0.3, -0.25) is 14.4 Å². The Morgan fingerprint density at radius 3 is 1.89 bits per heavy atom. The Morgan fingerprint density at radius 1 is 0.762 bits per heavy atom. The summed E-state index contributed by atoms with van der Waals surface area (Å²) in [5, 5.41) is 3.09. The van der Waals surface area contributed by atoms with E-state index in [9.17, 15) is 14.4 Å². The molecule has 2 heterocycles. The largest absolute Gasteiger partial charge is 0.468 e. The maximum absolute atomic E-state index is 14.7. The molecule has 1 saturated heterocycles. The molecule has 0 radical (unpaired) electrons. The van der Waals surface area contributed by atoms with Crippen molar-refractivity contribution in [3.8, 4) is 0 Å². The second-order valence-electron chi connectivity index (χ2n) is 17.0. The van der Waals surface area contributed by atoms with Gasteiger partial charge < -0.3 is 27.8 Å². The van der Waals surface area contributed by atoms with E-state index >= 15 is 0 Å². The lowest BCUT2D eigenvalue weighted by atomic mass is 9.71. The van der Waals surface area contributed by atoms with Gasteiger partial charge in [-0.05, 0) is 45.0 Å². The topological polar surface area (TPSA) is 123 Å². The van der Waals surface area contributed by atoms with Crippen LogP contribution in [0.1, 0.15) is 80.5 Å². The van der Waals surface area contributed by atoms with Crippen LogP contribution >= 0.6 is 0 Å². The van der Waals surface area contributed by atoms with Gasteiger partial charge in [0.05, 0.1) is 46.9 Å². The molecule has 12 heteroatoms. The smallest absolute Gasteiger partial charge is 0.330 e. The monoisotopic (exact) mass is 871 g/mol. The number of hydrogen-bond donors (Lipinski definition) is 0. The molecule has 330 valence electrons. The van der Waals surface area contributed by atoms with E-state index in [1.54, 1.807) is 6.26 Å². The summed E-state index contributed by atoms with van der Waals surface area (Å²) in [7, 11) is -0.493. The van der Waals surface area contributed by atoms with Crippen molar-refractivity contribution in [3.05, 3.63) is 162 Å². The van der Waals surface area contributed by atoms with E-state index < -0.39 is 37.8 Å². The van der Waals surface area contributed by atoms with Crippen molar-refractivity contribution >= 4 is 42.1 Å². The molecule has 0 bridgehead atoms. The molecular weight excluding hydrogens is 815 g/mol. The number of fused-ring (bicyclic) bond motifs is 3. The van der Waals surface area contributed by atoms with Gasteiger partial charge in [0.25, 0.3) is 8.32 Å². The van der Waals surface area contributed by atoms with Gasteiger partial charge in [0.1, 0.15) is 23.3 Å². The summed E-state index contributed by atoms with van der Waals surface area (Å²) >= 11 is 0. The molecule has 5 aromatic rings. The van der Waals surface area contributed by atoms with Gasteiger partial charge in [-0.15, -0.1) is 0 Å². The second kappa shape index (κ2) is 20.3. The average molecular weight is 872 g/mol. The minimum Gasteiger partial charge on any atom is -0.468 e. The highest BCUT2D eigenvalue weighted by atomic mass is 28.4. The van der Waals surface area contributed by atoms with Gasteiger partial charge in [0.15, 0.2) is 0 Å². The molecule has 1 fully saturated rings. The normalized spacial score (nSPS) is 19.1. The summed E-state index contributed by atoms with van der Waals surface area (Å²) in [5.41, 5.74) is 1.77. The van der Waals surface area contributed by atoms with Crippen LogP contribution in [0.25, 0.3) is 5.57 Å². The molecule has 2 aliphatic rings. The van der Waals surface area contributed by atoms with Crippen molar-refractivity contribution in [1.29, 1.82) is 0 Å². The van der Waals surface area contributed by atoms with Gasteiger partial charge in [-0.25, -0.2) is 9.86 Å². The van der Waals surface area contributed by atoms with Crippen molar-refractivity contribution in [3.63, 3.8) is 0 Å². The number of nitrogens with zero attached hydrogens (tertiary/aromatic N) is 1. The predicted molar refractivity (Wildman–Crippen MR) is 241 cm³/mol. The number of amides is 1. The van der Waals surface area contributed by atoms with Crippen LogP contribution in [0.15, 0.2) is 138 Å². The lowest BCUT2D eigenvalue weighted by molar-refractivity contribution is -0.274. The first-order valence-electron chi connectivity index (χ1n) is 21.5. The van der Waals surface area contributed by atoms with Gasteiger partial charge in [-0.1, -0.05) is 142 Å². The minimum atomic E-state index is -3.07. The van der Waals surface area contributed by atoms with E-state index in [0.717, 1.165) is 21.5 Å². The van der Waals surface area contributed by atoms with E-state index in [-0.39, 0.29) is 43.6 Å². The Morgan fingerprint density at radius 2 is 1.33 bits per heavy atom. The SMILES string of the molecule is COC(=O)/C=C1\c2c(CO[Si](c3ccccc3)(c3ccccc3)C(C)(C)C)coc2[C@H]2N(C(=O)CCCCOCc3ccccc3)O[C@@H](COCc3ccccc3)C[C@@]12C(=O)OC. The Hall–Kier alpha value is -5.63. The first-order chi connectivity index (χ1) is 30.5. The van der Waals surface area contributed by atoms with Gasteiger partial charge in [0, 0.05) is 36.7 Å². The number of rotatable bonds is 18. The Bertz CT molecular complexity index is 2290. The maximum Gasteiger partial charge on any atom is 0.330 e. The van der Waals surface area contributed by atoms with Crippen LogP contribution in [-0.2, 0) is 62.4 Å². The summed E-state index contributed by atoms with van der Waals surface area (Å²) in [5.74, 6) is -1.41. The zero-order valence-corrected chi connectivity index (χ0v) is 37.8. The van der Waals surface area contributed by atoms with E-state index in [4.69, 9.17) is 32.6 Å². The number of hydroxylamine groups is 2. The number of carbonyl (C=O) groups excluding carboxylic acids is 3. The molecule has 3 atom stereocenters. The Kier molecular flexibility index (Phi) is 14.6. The fourth-order valence-corrected chi connectivity index (χ4v) is 13.6. The van der Waals surface area contributed by atoms with Crippen LogP contribution in [-0.4, -0.2) is 64.8 Å². The lowest BCUT2D eigenvalue weighted by Gasteiger charge is -2.46. The number of benzene rings is 4. The van der Waals surface area contributed by atoms with Crippen LogP contribution in [0.5, 0.6) is 0 Å². The van der Waals surface area contributed by atoms with Crippen molar-refractivity contribution in [2.75, 3.05) is 27.4 Å². The van der Waals surface area contributed by atoms with Crippen molar-refractivity contribution in [2.45, 2.75) is 83.5 Å². The zero-order chi connectivity index (χ0) is 44.5. The first kappa shape index (κ1) is 45.4. The maximum atomic E-state index is 14.7. The van der Waals surface area contributed by atoms with Crippen molar-refractivity contribution in [2.24, 2.45) is 5.41 Å². The molecule has 1 aromatic heterocycles. The summed E-state index contributed by atoms with van der Waals surface area (Å²) in [4.78, 5) is 49.3. The predicted octanol–water partition coefficient (Wildman–Crippen LogP) is 8.26. The molecular formula is C51H57NO10Si. The number of ether oxygens (including phenoxy) is 4. The van der Waals surface area contributed by atoms with Crippen molar-refractivity contribution < 1.29 is 47.0 Å². The van der Waals surface area contributed by atoms with Crippen molar-refractivity contribution in [1.82, 2.24) is 5.06 Å². The number of hydrogen-bond acceptors (Lipinski definition) is 10. The number of esters is 2. The summed E-state index contributed by atoms with van der Waals surface area (Å²) in [6, 6.07) is 39.0. The van der Waals surface area contributed by atoms with E-state index in [2.05, 4.69) is 45.0 Å². The minimum absolute atomic E-state index is 0.0122.